The number of hydrogen-bond acceptors (Lipinski definition) is 3. The average molecular weight is 227 g/mol. The predicted molar refractivity (Wildman–Crippen MR) is 66.1 cm³/mol. The summed E-state index contributed by atoms with van der Waals surface area (Å²) in [5.41, 5.74) is 5.76. The summed E-state index contributed by atoms with van der Waals surface area (Å²) in [5, 5.41) is 0. The van der Waals surface area contributed by atoms with Crippen LogP contribution in [0.3, 0.4) is 0 Å². The summed E-state index contributed by atoms with van der Waals surface area (Å²) in [5.74, 6) is 0.810. The molecule has 2 atom stereocenters. The smallest absolute Gasteiger partial charge is 0.236 e. The van der Waals surface area contributed by atoms with E-state index < -0.39 is 0 Å². The Morgan fingerprint density at radius 1 is 1.56 bits per heavy atom. The van der Waals surface area contributed by atoms with Gasteiger partial charge in [0.15, 0.2) is 0 Å². The number of likely N-dealkylation sites (tertiary alicyclic amines) is 1. The first kappa shape index (κ1) is 13.5. The normalized spacial score (nSPS) is 26.4. The molecule has 4 heteroatoms. The molecule has 2 N–H and O–H groups in total. The molecule has 94 valence electrons. The maximum absolute atomic E-state index is 12.0. The summed E-state index contributed by atoms with van der Waals surface area (Å²) in [6, 6.07) is 0.647. The van der Waals surface area contributed by atoms with Gasteiger partial charge in [-0.3, -0.25) is 9.69 Å². The Bertz CT molecular complexity index is 242. The third-order valence-corrected chi connectivity index (χ3v) is 3.75. The predicted octanol–water partition coefficient (Wildman–Crippen LogP) is 0.522. The number of nitrogens with zero attached hydrogens (tertiary/aromatic N) is 2. The van der Waals surface area contributed by atoms with Crippen molar-refractivity contribution in [3.8, 4) is 0 Å². The number of amides is 1. The molecule has 0 aromatic carbocycles. The summed E-state index contributed by atoms with van der Waals surface area (Å²) >= 11 is 0. The Hall–Kier alpha value is -0.610. The average Bonchev–Trinajstić information content (AvgIpc) is 2.57. The van der Waals surface area contributed by atoms with Crippen molar-refractivity contribution < 1.29 is 4.79 Å². The molecule has 0 bridgehead atoms. The molecule has 1 aliphatic rings. The SMILES string of the molecule is CC1CCN(CC(=O)N(C)C(C)C)C1CN. The first-order chi connectivity index (χ1) is 7.47. The van der Waals surface area contributed by atoms with Crippen LogP contribution >= 0.6 is 0 Å². The number of likely N-dealkylation sites (N-methyl/N-ethyl adjacent to an activating group) is 1. The van der Waals surface area contributed by atoms with Gasteiger partial charge in [-0.15, -0.1) is 0 Å². The van der Waals surface area contributed by atoms with E-state index in [0.717, 1.165) is 13.0 Å². The van der Waals surface area contributed by atoms with E-state index in [-0.39, 0.29) is 11.9 Å². The first-order valence-electron chi connectivity index (χ1n) is 6.17. The second-order valence-electron chi connectivity index (χ2n) is 5.14. The van der Waals surface area contributed by atoms with Crippen LogP contribution < -0.4 is 5.73 Å². The molecule has 0 aromatic rings. The minimum absolute atomic E-state index is 0.197. The van der Waals surface area contributed by atoms with Gasteiger partial charge in [-0.25, -0.2) is 0 Å². The van der Waals surface area contributed by atoms with Gasteiger partial charge in [-0.2, -0.15) is 0 Å². The van der Waals surface area contributed by atoms with Gasteiger partial charge >= 0.3 is 0 Å². The molecule has 2 unspecified atom stereocenters. The van der Waals surface area contributed by atoms with E-state index in [2.05, 4.69) is 11.8 Å². The summed E-state index contributed by atoms with van der Waals surface area (Å²) in [7, 11) is 1.87. The maximum Gasteiger partial charge on any atom is 0.236 e. The second kappa shape index (κ2) is 5.64. The second-order valence-corrected chi connectivity index (χ2v) is 5.14. The van der Waals surface area contributed by atoms with Gasteiger partial charge in [0.25, 0.3) is 0 Å². The van der Waals surface area contributed by atoms with E-state index in [0.29, 0.717) is 25.0 Å². The van der Waals surface area contributed by atoms with Crippen molar-refractivity contribution in [3.05, 3.63) is 0 Å². The molecule has 4 nitrogen and oxygen atoms in total. The van der Waals surface area contributed by atoms with Crippen LogP contribution in [0.15, 0.2) is 0 Å². The Morgan fingerprint density at radius 3 is 2.69 bits per heavy atom. The number of carbonyl (C=O) groups excluding carboxylic acids is 1. The molecule has 1 aliphatic heterocycles. The zero-order valence-corrected chi connectivity index (χ0v) is 10.9. The van der Waals surface area contributed by atoms with Crippen molar-refractivity contribution in [2.24, 2.45) is 11.7 Å². The van der Waals surface area contributed by atoms with Crippen LogP contribution in [-0.2, 0) is 4.79 Å². The highest BCUT2D eigenvalue weighted by Crippen LogP contribution is 2.22. The Balaban J connectivity index is 2.51. The fourth-order valence-electron chi connectivity index (χ4n) is 2.24. The molecule has 0 radical (unpaired) electrons. The molecular weight excluding hydrogens is 202 g/mol. The van der Waals surface area contributed by atoms with E-state index >= 15 is 0 Å². The molecule has 0 spiro atoms. The van der Waals surface area contributed by atoms with Crippen molar-refractivity contribution in [3.63, 3.8) is 0 Å². The van der Waals surface area contributed by atoms with E-state index in [4.69, 9.17) is 5.73 Å². The summed E-state index contributed by atoms with van der Waals surface area (Å²) < 4.78 is 0. The lowest BCUT2D eigenvalue weighted by Crippen LogP contribution is -2.46. The summed E-state index contributed by atoms with van der Waals surface area (Å²) in [6.07, 6.45) is 1.15. The number of nitrogens with two attached hydrogens (primary N) is 1. The van der Waals surface area contributed by atoms with Crippen LogP contribution in [0.25, 0.3) is 0 Å². The topological polar surface area (TPSA) is 49.6 Å². The third-order valence-electron chi connectivity index (χ3n) is 3.75. The van der Waals surface area contributed by atoms with Crippen LogP contribution in [0, 0.1) is 5.92 Å². The van der Waals surface area contributed by atoms with Gasteiger partial charge in [0, 0.05) is 25.7 Å². The molecule has 1 heterocycles. The lowest BCUT2D eigenvalue weighted by Gasteiger charge is -2.28. The van der Waals surface area contributed by atoms with Crippen molar-refractivity contribution >= 4 is 5.91 Å². The van der Waals surface area contributed by atoms with Crippen LogP contribution in [0.1, 0.15) is 27.2 Å². The first-order valence-corrected chi connectivity index (χ1v) is 6.17. The minimum atomic E-state index is 0.197. The molecule has 1 fully saturated rings. The molecule has 0 aromatic heterocycles. The Morgan fingerprint density at radius 2 is 2.19 bits per heavy atom. The van der Waals surface area contributed by atoms with Gasteiger partial charge in [-0.05, 0) is 32.7 Å². The minimum Gasteiger partial charge on any atom is -0.342 e. The van der Waals surface area contributed by atoms with Gasteiger partial charge in [0.05, 0.1) is 6.54 Å². The number of rotatable bonds is 4. The van der Waals surface area contributed by atoms with Gasteiger partial charge < -0.3 is 10.6 Å². The maximum atomic E-state index is 12.0. The van der Waals surface area contributed by atoms with Crippen molar-refractivity contribution in [2.45, 2.75) is 39.3 Å². The van der Waals surface area contributed by atoms with Crippen molar-refractivity contribution in [1.82, 2.24) is 9.80 Å². The number of carbonyl (C=O) groups is 1. The zero-order valence-electron chi connectivity index (χ0n) is 10.9. The Labute approximate surface area is 98.8 Å². The summed E-state index contributed by atoms with van der Waals surface area (Å²) in [6.45, 7) is 8.45. The molecule has 0 saturated carbocycles. The van der Waals surface area contributed by atoms with Crippen LogP contribution in [0.5, 0.6) is 0 Å². The van der Waals surface area contributed by atoms with E-state index in [1.54, 1.807) is 4.90 Å². The Kier molecular flexibility index (Phi) is 4.74. The zero-order chi connectivity index (χ0) is 12.3. The van der Waals surface area contributed by atoms with E-state index in [1.807, 2.05) is 20.9 Å². The van der Waals surface area contributed by atoms with Crippen LogP contribution in [-0.4, -0.2) is 54.5 Å². The van der Waals surface area contributed by atoms with Crippen LogP contribution in [0.4, 0.5) is 0 Å². The molecule has 16 heavy (non-hydrogen) atoms. The molecule has 1 rings (SSSR count). The lowest BCUT2D eigenvalue weighted by atomic mass is 10.0. The quantitative estimate of drug-likeness (QED) is 0.762. The van der Waals surface area contributed by atoms with E-state index in [9.17, 15) is 4.79 Å². The van der Waals surface area contributed by atoms with Crippen molar-refractivity contribution in [1.29, 1.82) is 0 Å². The number of hydrogen-bond donors (Lipinski definition) is 1. The molecular formula is C12H25N3O. The molecule has 1 saturated heterocycles. The van der Waals surface area contributed by atoms with Gasteiger partial charge in [0.1, 0.15) is 0 Å². The largest absolute Gasteiger partial charge is 0.342 e. The highest BCUT2D eigenvalue weighted by molar-refractivity contribution is 5.78. The van der Waals surface area contributed by atoms with Gasteiger partial charge in [0.2, 0.25) is 5.91 Å². The highest BCUT2D eigenvalue weighted by atomic mass is 16.2. The molecule has 1 amide bonds. The fraction of sp³-hybridized carbons (Fsp3) is 0.917. The van der Waals surface area contributed by atoms with Crippen LogP contribution in [0.2, 0.25) is 0 Å². The van der Waals surface area contributed by atoms with Crippen molar-refractivity contribution in [2.75, 3.05) is 26.7 Å². The molecule has 0 aliphatic carbocycles. The van der Waals surface area contributed by atoms with E-state index in [1.165, 1.54) is 0 Å². The highest BCUT2D eigenvalue weighted by Gasteiger charge is 2.31. The lowest BCUT2D eigenvalue weighted by molar-refractivity contribution is -0.132. The monoisotopic (exact) mass is 227 g/mol. The third kappa shape index (κ3) is 2.95. The standard InChI is InChI=1S/C12H25N3O/c1-9(2)14(4)12(16)8-15-6-5-10(3)11(15)7-13/h9-11H,5-8,13H2,1-4H3. The van der Waals surface area contributed by atoms with Gasteiger partial charge in [-0.1, -0.05) is 6.92 Å². The summed E-state index contributed by atoms with van der Waals surface area (Å²) in [4.78, 5) is 16.0. The fourth-order valence-corrected chi connectivity index (χ4v) is 2.24.